The van der Waals surface area contributed by atoms with Crippen LogP contribution in [0.3, 0.4) is 0 Å². The maximum absolute atomic E-state index is 13.0. The van der Waals surface area contributed by atoms with Crippen LogP contribution >= 0.6 is 11.6 Å². The fraction of sp³-hybridized carbons (Fsp3) is 0.238. The highest BCUT2D eigenvalue weighted by Crippen LogP contribution is 2.25. The molecule has 1 amide bonds. The number of para-hydroxylation sites is 1. The third kappa shape index (κ3) is 4.13. The van der Waals surface area contributed by atoms with Gasteiger partial charge in [-0.1, -0.05) is 29.8 Å². The van der Waals surface area contributed by atoms with Crippen LogP contribution in [0.2, 0.25) is 5.02 Å². The van der Waals surface area contributed by atoms with Crippen molar-refractivity contribution in [1.29, 1.82) is 0 Å². The predicted octanol–water partition coefficient (Wildman–Crippen LogP) is 2.80. The summed E-state index contributed by atoms with van der Waals surface area (Å²) < 4.78 is 6.86. The molecule has 3 aromatic rings. The molecule has 9 heteroatoms. The first-order valence-electron chi connectivity index (χ1n) is 9.55. The molecule has 3 heterocycles. The van der Waals surface area contributed by atoms with Crippen LogP contribution in [0.1, 0.15) is 19.0 Å². The first-order chi connectivity index (χ1) is 14.5. The van der Waals surface area contributed by atoms with E-state index in [4.69, 9.17) is 16.3 Å². The van der Waals surface area contributed by atoms with E-state index in [-0.39, 0.29) is 31.2 Å². The third-order valence-electron chi connectivity index (χ3n) is 4.65. The van der Waals surface area contributed by atoms with Gasteiger partial charge in [0.15, 0.2) is 0 Å². The van der Waals surface area contributed by atoms with Gasteiger partial charge in [-0.25, -0.2) is 9.78 Å². The number of aromatic nitrogens is 2. The number of pyridine rings is 1. The quantitative estimate of drug-likeness (QED) is 0.613. The van der Waals surface area contributed by atoms with Crippen molar-refractivity contribution in [3.05, 3.63) is 65.6 Å². The number of hydrazone groups is 1. The molecule has 0 aliphatic carbocycles. The molecule has 1 aromatic carbocycles. The lowest BCUT2D eigenvalue weighted by Crippen LogP contribution is -2.42. The second-order valence-corrected chi connectivity index (χ2v) is 7.17. The van der Waals surface area contributed by atoms with Gasteiger partial charge in [0.1, 0.15) is 17.4 Å². The zero-order valence-corrected chi connectivity index (χ0v) is 17.0. The fourth-order valence-corrected chi connectivity index (χ4v) is 3.44. The number of carbonyl (C=O) groups is 2. The number of amides is 1. The second-order valence-electron chi connectivity index (χ2n) is 6.73. The largest absolute Gasteiger partial charge is 0.461 e. The van der Waals surface area contributed by atoms with E-state index >= 15 is 0 Å². The van der Waals surface area contributed by atoms with Gasteiger partial charge in [-0.15, -0.1) is 0 Å². The number of carbonyl (C=O) groups excluding carboxylic acids is 2. The molecule has 4 rings (SSSR count). The lowest BCUT2D eigenvalue weighted by molar-refractivity contribution is -0.135. The Labute approximate surface area is 178 Å². The monoisotopic (exact) mass is 425 g/mol. The molecule has 1 aliphatic rings. The highest BCUT2D eigenvalue weighted by atomic mass is 35.5. The molecule has 1 atom stereocenters. The first kappa shape index (κ1) is 19.9. The van der Waals surface area contributed by atoms with E-state index in [0.29, 0.717) is 10.7 Å². The van der Waals surface area contributed by atoms with E-state index in [2.05, 4.69) is 15.4 Å². The number of ether oxygens (including phenoxy) is 1. The summed E-state index contributed by atoms with van der Waals surface area (Å²) in [6, 6.07) is 12.2. The van der Waals surface area contributed by atoms with E-state index < -0.39 is 12.0 Å². The van der Waals surface area contributed by atoms with Gasteiger partial charge in [-0.2, -0.15) is 5.10 Å². The molecule has 0 fully saturated rings. The topological polar surface area (TPSA) is 88.3 Å². The molecule has 0 radical (unpaired) electrons. The number of rotatable bonds is 6. The van der Waals surface area contributed by atoms with Crippen molar-refractivity contribution in [2.24, 2.45) is 5.10 Å². The van der Waals surface area contributed by atoms with Crippen LogP contribution in [0.4, 0.5) is 5.69 Å². The standard InChI is InChI=1S/C21H20ClN5O3/c1-2-30-21(29)17-10-18(27(25-17)16-6-4-3-5-7-16)20(28)23-11-15-13-26-12-14(22)8-9-19(26)24-15/h3-9,12-13,18H,2,10-11H2,1H3,(H,23,28). The Kier molecular flexibility index (Phi) is 5.67. The molecule has 2 aromatic heterocycles. The van der Waals surface area contributed by atoms with Crippen LogP contribution < -0.4 is 10.3 Å². The molecule has 0 bridgehead atoms. The summed E-state index contributed by atoms with van der Waals surface area (Å²) in [7, 11) is 0. The number of halogens is 1. The molecule has 30 heavy (non-hydrogen) atoms. The van der Waals surface area contributed by atoms with Crippen molar-refractivity contribution in [2.45, 2.75) is 25.9 Å². The van der Waals surface area contributed by atoms with Crippen LogP contribution in [0, 0.1) is 0 Å². The average molecular weight is 426 g/mol. The smallest absolute Gasteiger partial charge is 0.354 e. The third-order valence-corrected chi connectivity index (χ3v) is 4.88. The summed E-state index contributed by atoms with van der Waals surface area (Å²) in [5.74, 6) is -0.761. The first-order valence-corrected chi connectivity index (χ1v) is 9.92. The Morgan fingerprint density at radius 2 is 2.00 bits per heavy atom. The van der Waals surface area contributed by atoms with E-state index in [1.807, 2.05) is 36.5 Å². The van der Waals surface area contributed by atoms with Crippen molar-refractivity contribution in [2.75, 3.05) is 11.6 Å². The van der Waals surface area contributed by atoms with Gasteiger partial charge in [-0.3, -0.25) is 9.80 Å². The normalized spacial score (nSPS) is 15.9. The Hall–Kier alpha value is -3.39. The maximum atomic E-state index is 13.0. The minimum atomic E-state index is -0.654. The predicted molar refractivity (Wildman–Crippen MR) is 113 cm³/mol. The number of nitrogens with one attached hydrogen (secondary N) is 1. The van der Waals surface area contributed by atoms with Crippen LogP contribution in [0.15, 0.2) is 60.0 Å². The summed E-state index contributed by atoms with van der Waals surface area (Å²) in [5.41, 5.74) is 2.38. The van der Waals surface area contributed by atoms with E-state index in [1.54, 1.807) is 34.7 Å². The number of anilines is 1. The van der Waals surface area contributed by atoms with Gasteiger partial charge in [0.05, 0.1) is 29.6 Å². The molecule has 1 aliphatic heterocycles. The SMILES string of the molecule is CCOC(=O)C1=NN(c2ccccc2)C(C(=O)NCc2cn3cc(Cl)ccc3n2)C1. The van der Waals surface area contributed by atoms with Crippen molar-refractivity contribution in [3.8, 4) is 0 Å². The summed E-state index contributed by atoms with van der Waals surface area (Å²) in [6.45, 7) is 2.22. The maximum Gasteiger partial charge on any atom is 0.354 e. The Morgan fingerprint density at radius 3 is 2.77 bits per heavy atom. The van der Waals surface area contributed by atoms with E-state index in [0.717, 1.165) is 11.3 Å². The molecule has 1 N–H and O–H groups in total. The number of hydrogen-bond acceptors (Lipinski definition) is 6. The molecular formula is C21H20ClN5O3. The van der Waals surface area contributed by atoms with Gasteiger partial charge < -0.3 is 14.5 Å². The molecule has 0 saturated heterocycles. The summed E-state index contributed by atoms with van der Waals surface area (Å²) in [6.07, 6.45) is 3.73. The van der Waals surface area contributed by atoms with Crippen LogP contribution in [-0.4, -0.2) is 39.6 Å². The van der Waals surface area contributed by atoms with Crippen molar-refractivity contribution in [1.82, 2.24) is 14.7 Å². The minimum Gasteiger partial charge on any atom is -0.461 e. The number of imidazole rings is 1. The Morgan fingerprint density at radius 1 is 1.20 bits per heavy atom. The summed E-state index contributed by atoms with van der Waals surface area (Å²) in [4.78, 5) is 29.6. The molecule has 154 valence electrons. The number of hydrogen-bond donors (Lipinski definition) is 1. The average Bonchev–Trinajstić information content (AvgIpc) is 3.37. The van der Waals surface area contributed by atoms with Crippen molar-refractivity contribution >= 4 is 40.5 Å². The Bertz CT molecular complexity index is 1110. The van der Waals surface area contributed by atoms with Crippen LogP contribution in [-0.2, 0) is 20.9 Å². The summed E-state index contributed by atoms with van der Waals surface area (Å²) in [5, 5.41) is 9.41. The van der Waals surface area contributed by atoms with Gasteiger partial charge in [0.2, 0.25) is 5.91 Å². The van der Waals surface area contributed by atoms with Crippen LogP contribution in [0.5, 0.6) is 0 Å². The molecule has 8 nitrogen and oxygen atoms in total. The second kappa shape index (κ2) is 8.54. The zero-order chi connectivity index (χ0) is 21.1. The minimum absolute atomic E-state index is 0.167. The highest BCUT2D eigenvalue weighted by Gasteiger charge is 2.36. The molecular weight excluding hydrogens is 406 g/mol. The van der Waals surface area contributed by atoms with Gasteiger partial charge in [-0.05, 0) is 31.2 Å². The zero-order valence-electron chi connectivity index (χ0n) is 16.3. The van der Waals surface area contributed by atoms with Crippen molar-refractivity contribution in [3.63, 3.8) is 0 Å². The lowest BCUT2D eigenvalue weighted by Gasteiger charge is -2.22. The van der Waals surface area contributed by atoms with Gasteiger partial charge >= 0.3 is 5.97 Å². The molecule has 0 saturated carbocycles. The van der Waals surface area contributed by atoms with Crippen LogP contribution in [0.25, 0.3) is 5.65 Å². The van der Waals surface area contributed by atoms with E-state index in [1.165, 1.54) is 0 Å². The fourth-order valence-electron chi connectivity index (χ4n) is 3.27. The van der Waals surface area contributed by atoms with E-state index in [9.17, 15) is 9.59 Å². The lowest BCUT2D eigenvalue weighted by atomic mass is 10.1. The highest BCUT2D eigenvalue weighted by molar-refractivity contribution is 6.38. The van der Waals surface area contributed by atoms with Gasteiger partial charge in [0, 0.05) is 18.8 Å². The van der Waals surface area contributed by atoms with Crippen molar-refractivity contribution < 1.29 is 14.3 Å². The molecule has 1 unspecified atom stereocenters. The summed E-state index contributed by atoms with van der Waals surface area (Å²) >= 11 is 6.00. The number of fused-ring (bicyclic) bond motifs is 1. The molecule has 0 spiro atoms. The Balaban J connectivity index is 1.50. The van der Waals surface area contributed by atoms with Gasteiger partial charge in [0.25, 0.3) is 0 Å². The number of nitrogens with zero attached hydrogens (tertiary/aromatic N) is 4. The number of benzene rings is 1. The number of esters is 1.